The topological polar surface area (TPSA) is 95.3 Å². The molecule has 0 aliphatic heterocycles. The highest BCUT2D eigenvalue weighted by atomic mass is 16.7. The number of esters is 1. The normalized spacial score (nSPS) is 30.3. The highest BCUT2D eigenvalue weighted by molar-refractivity contribution is 5.93. The molecular weight excluding hydrogens is 384 g/mol. The van der Waals surface area contributed by atoms with Crippen molar-refractivity contribution in [1.29, 1.82) is 0 Å². The summed E-state index contributed by atoms with van der Waals surface area (Å²) < 4.78 is 4.75. The first kappa shape index (κ1) is 19.3. The van der Waals surface area contributed by atoms with Gasteiger partial charge < -0.3 is 14.9 Å². The van der Waals surface area contributed by atoms with Gasteiger partial charge in [-0.15, -0.1) is 5.10 Å². The smallest absolute Gasteiger partial charge is 0.337 e. The van der Waals surface area contributed by atoms with Crippen molar-refractivity contribution in [1.82, 2.24) is 20.5 Å². The van der Waals surface area contributed by atoms with Crippen molar-refractivity contribution in [2.45, 2.75) is 51.5 Å². The molecule has 1 N–H and O–H groups in total. The number of fused-ring (bicyclic) bond motifs is 1. The average molecular weight is 412 g/mol. The Balaban J connectivity index is 1.23. The van der Waals surface area contributed by atoms with Crippen LogP contribution in [-0.2, 0) is 9.53 Å². The molecule has 1 heterocycles. The number of amides is 1. The molecule has 8 heteroatoms. The van der Waals surface area contributed by atoms with Gasteiger partial charge >= 0.3 is 5.97 Å². The number of carbonyl (C=O) groups excluding carboxylic acids is 2. The van der Waals surface area contributed by atoms with Gasteiger partial charge in [0.1, 0.15) is 11.0 Å². The summed E-state index contributed by atoms with van der Waals surface area (Å²) in [4.78, 5) is 31.2. The van der Waals surface area contributed by atoms with Crippen LogP contribution in [0.2, 0.25) is 0 Å². The predicted octanol–water partition coefficient (Wildman–Crippen LogP) is 2.37. The van der Waals surface area contributed by atoms with E-state index >= 15 is 0 Å². The Kier molecular flexibility index (Phi) is 4.67. The number of aromatic nitrogens is 3. The zero-order chi connectivity index (χ0) is 20.9. The SMILES string of the molecule is COC(=O)c1ccc2nnn(OCC(=O)N[C@H](C)C34CC5CC(CC(C5)C3)C4)c2c1. The Labute approximate surface area is 175 Å². The first-order valence-corrected chi connectivity index (χ1v) is 10.8. The molecule has 2 aromatic rings. The van der Waals surface area contributed by atoms with E-state index in [0.29, 0.717) is 16.6 Å². The van der Waals surface area contributed by atoms with Gasteiger partial charge in [-0.1, -0.05) is 4.85 Å². The first-order chi connectivity index (χ1) is 14.5. The fourth-order valence-electron chi connectivity index (χ4n) is 6.50. The van der Waals surface area contributed by atoms with Gasteiger partial charge in [0, 0.05) is 6.04 Å². The van der Waals surface area contributed by atoms with Crippen molar-refractivity contribution >= 4 is 22.9 Å². The maximum atomic E-state index is 12.6. The molecule has 0 saturated heterocycles. The van der Waals surface area contributed by atoms with E-state index in [1.54, 1.807) is 18.2 Å². The van der Waals surface area contributed by atoms with E-state index in [9.17, 15) is 9.59 Å². The number of hydrogen-bond donors (Lipinski definition) is 1. The van der Waals surface area contributed by atoms with Crippen molar-refractivity contribution in [3.8, 4) is 0 Å². The van der Waals surface area contributed by atoms with Crippen LogP contribution < -0.4 is 10.2 Å². The molecule has 4 fully saturated rings. The Hall–Kier alpha value is -2.64. The van der Waals surface area contributed by atoms with Crippen LogP contribution in [0.25, 0.3) is 11.0 Å². The van der Waals surface area contributed by atoms with E-state index in [0.717, 1.165) is 17.8 Å². The molecule has 0 spiro atoms. The number of nitrogens with zero attached hydrogens (tertiary/aromatic N) is 3. The third-order valence-corrected chi connectivity index (χ3v) is 7.54. The molecule has 1 amide bonds. The zero-order valence-electron chi connectivity index (χ0n) is 17.5. The van der Waals surface area contributed by atoms with Crippen LogP contribution in [0.15, 0.2) is 18.2 Å². The fourth-order valence-corrected chi connectivity index (χ4v) is 6.50. The summed E-state index contributed by atoms with van der Waals surface area (Å²) in [7, 11) is 1.33. The van der Waals surface area contributed by atoms with Gasteiger partial charge in [-0.05, 0) is 92.0 Å². The van der Waals surface area contributed by atoms with Crippen molar-refractivity contribution in [3.63, 3.8) is 0 Å². The Morgan fingerprint density at radius 3 is 2.50 bits per heavy atom. The van der Waals surface area contributed by atoms with Crippen molar-refractivity contribution in [2.24, 2.45) is 23.2 Å². The van der Waals surface area contributed by atoms with E-state index in [1.165, 1.54) is 50.5 Å². The second-order valence-corrected chi connectivity index (χ2v) is 9.50. The lowest BCUT2D eigenvalue weighted by molar-refractivity contribution is -0.130. The van der Waals surface area contributed by atoms with Crippen molar-refractivity contribution < 1.29 is 19.2 Å². The highest BCUT2D eigenvalue weighted by Crippen LogP contribution is 2.61. The molecule has 160 valence electrons. The number of ether oxygens (including phenoxy) is 1. The lowest BCUT2D eigenvalue weighted by Gasteiger charge is -2.59. The largest absolute Gasteiger partial charge is 0.465 e. The van der Waals surface area contributed by atoms with E-state index in [1.807, 2.05) is 0 Å². The molecule has 30 heavy (non-hydrogen) atoms. The maximum absolute atomic E-state index is 12.6. The minimum absolute atomic E-state index is 0.139. The number of hydrogen-bond acceptors (Lipinski definition) is 6. The average Bonchev–Trinajstić information content (AvgIpc) is 3.13. The van der Waals surface area contributed by atoms with Gasteiger partial charge in [0.15, 0.2) is 6.61 Å². The fraction of sp³-hybridized carbons (Fsp3) is 0.636. The summed E-state index contributed by atoms with van der Waals surface area (Å²) in [5.41, 5.74) is 1.71. The lowest BCUT2D eigenvalue weighted by atomic mass is 9.48. The van der Waals surface area contributed by atoms with Gasteiger partial charge in [-0.25, -0.2) is 4.79 Å². The minimum atomic E-state index is -0.452. The summed E-state index contributed by atoms with van der Waals surface area (Å²) in [5.74, 6) is 1.92. The summed E-state index contributed by atoms with van der Waals surface area (Å²) in [6.07, 6.45) is 7.88. The van der Waals surface area contributed by atoms with E-state index in [2.05, 4.69) is 22.6 Å². The monoisotopic (exact) mass is 412 g/mol. The Bertz CT molecular complexity index is 949. The van der Waals surface area contributed by atoms with Crippen LogP contribution >= 0.6 is 0 Å². The van der Waals surface area contributed by atoms with E-state index < -0.39 is 5.97 Å². The number of carbonyl (C=O) groups is 2. The van der Waals surface area contributed by atoms with E-state index in [4.69, 9.17) is 9.57 Å². The molecule has 8 nitrogen and oxygen atoms in total. The molecule has 1 atom stereocenters. The quantitative estimate of drug-likeness (QED) is 0.732. The second kappa shape index (κ2) is 7.25. The number of methoxy groups -OCH3 is 1. The molecular formula is C22H28N4O4. The predicted molar refractivity (Wildman–Crippen MR) is 109 cm³/mol. The zero-order valence-corrected chi connectivity index (χ0v) is 17.5. The highest BCUT2D eigenvalue weighted by Gasteiger charge is 2.53. The van der Waals surface area contributed by atoms with Crippen LogP contribution in [0.4, 0.5) is 0 Å². The summed E-state index contributed by atoms with van der Waals surface area (Å²) in [5, 5.41) is 11.1. The Morgan fingerprint density at radius 1 is 1.20 bits per heavy atom. The summed E-state index contributed by atoms with van der Waals surface area (Å²) in [6, 6.07) is 5.02. The molecule has 4 bridgehead atoms. The molecule has 4 aliphatic rings. The maximum Gasteiger partial charge on any atom is 0.337 e. The van der Waals surface area contributed by atoms with Crippen LogP contribution in [0.5, 0.6) is 0 Å². The first-order valence-electron chi connectivity index (χ1n) is 10.8. The van der Waals surface area contributed by atoms with Crippen LogP contribution in [-0.4, -0.2) is 46.8 Å². The van der Waals surface area contributed by atoms with Crippen LogP contribution in [0.3, 0.4) is 0 Å². The van der Waals surface area contributed by atoms with Gasteiger partial charge in [0.05, 0.1) is 12.7 Å². The minimum Gasteiger partial charge on any atom is -0.465 e. The second-order valence-electron chi connectivity index (χ2n) is 9.50. The number of benzene rings is 1. The van der Waals surface area contributed by atoms with Gasteiger partial charge in [0.25, 0.3) is 5.91 Å². The number of nitrogens with one attached hydrogen (secondary N) is 1. The van der Waals surface area contributed by atoms with Crippen LogP contribution in [0, 0.1) is 23.2 Å². The molecule has 0 radical (unpaired) electrons. The summed E-state index contributed by atoms with van der Waals surface area (Å²) >= 11 is 0. The van der Waals surface area contributed by atoms with E-state index in [-0.39, 0.29) is 24.0 Å². The van der Waals surface area contributed by atoms with Gasteiger partial charge in [0.2, 0.25) is 0 Å². The van der Waals surface area contributed by atoms with Crippen molar-refractivity contribution in [2.75, 3.05) is 13.7 Å². The number of rotatable bonds is 6. The standard InChI is InChI=1S/C22H28N4O4/c1-13(22-9-14-5-15(10-22)7-16(6-14)11-22)23-20(27)12-30-26-19-8-17(21(28)29-2)3-4-18(19)24-25-26/h3-4,8,13-16H,5-7,9-12H2,1-2H3,(H,23,27)/t13-,14?,15?,16?,22?/m1/s1. The summed E-state index contributed by atoms with van der Waals surface area (Å²) in [6.45, 7) is 2.00. The Morgan fingerprint density at radius 2 is 1.87 bits per heavy atom. The molecule has 6 rings (SSSR count). The third kappa shape index (κ3) is 3.32. The van der Waals surface area contributed by atoms with Gasteiger partial charge in [-0.2, -0.15) is 0 Å². The molecule has 1 aromatic heterocycles. The van der Waals surface area contributed by atoms with Gasteiger partial charge in [-0.3, -0.25) is 4.79 Å². The lowest BCUT2D eigenvalue weighted by Crippen LogP contribution is -2.56. The molecule has 1 aromatic carbocycles. The third-order valence-electron chi connectivity index (χ3n) is 7.54. The molecule has 0 unspecified atom stereocenters. The van der Waals surface area contributed by atoms with Crippen molar-refractivity contribution in [3.05, 3.63) is 23.8 Å². The van der Waals surface area contributed by atoms with Crippen LogP contribution in [0.1, 0.15) is 55.8 Å². The molecule has 4 aliphatic carbocycles. The molecule has 4 saturated carbocycles.